The topological polar surface area (TPSA) is 12.0 Å². The molecular weight excluding hydrogens is 249 g/mol. The van der Waals surface area contributed by atoms with E-state index in [0.717, 1.165) is 11.5 Å². The fraction of sp³-hybridized carbons (Fsp3) is 0.600. The van der Waals surface area contributed by atoms with Gasteiger partial charge < -0.3 is 5.32 Å². The molecule has 1 aliphatic rings. The van der Waals surface area contributed by atoms with Crippen molar-refractivity contribution in [2.24, 2.45) is 5.92 Å². The van der Waals surface area contributed by atoms with Crippen LogP contribution in [-0.2, 0) is 6.54 Å². The zero-order chi connectivity index (χ0) is 13.0. The van der Waals surface area contributed by atoms with Crippen LogP contribution in [0.1, 0.15) is 44.6 Å². The third-order valence-corrected chi connectivity index (χ3v) is 3.99. The summed E-state index contributed by atoms with van der Waals surface area (Å²) in [6, 6.07) is 5.30. The van der Waals surface area contributed by atoms with Gasteiger partial charge in [0, 0.05) is 17.6 Å². The van der Waals surface area contributed by atoms with Crippen LogP contribution in [0.25, 0.3) is 0 Å². The Kier molecular flexibility index (Phi) is 5.02. The fourth-order valence-corrected chi connectivity index (χ4v) is 2.91. The summed E-state index contributed by atoms with van der Waals surface area (Å²) in [5.41, 5.74) is 0.928. The molecular formula is C15H21ClFN. The Labute approximate surface area is 114 Å². The highest BCUT2D eigenvalue weighted by atomic mass is 35.5. The number of rotatable bonds is 3. The van der Waals surface area contributed by atoms with Gasteiger partial charge in [-0.05, 0) is 48.9 Å². The van der Waals surface area contributed by atoms with Crippen molar-refractivity contribution in [1.29, 1.82) is 0 Å². The quantitative estimate of drug-likeness (QED) is 0.795. The highest BCUT2D eigenvalue weighted by Gasteiger charge is 2.15. The summed E-state index contributed by atoms with van der Waals surface area (Å²) in [4.78, 5) is 0. The van der Waals surface area contributed by atoms with E-state index in [1.165, 1.54) is 38.2 Å². The maximum atomic E-state index is 13.2. The largest absolute Gasteiger partial charge is 0.310 e. The van der Waals surface area contributed by atoms with Gasteiger partial charge in [-0.15, -0.1) is 0 Å². The van der Waals surface area contributed by atoms with Crippen molar-refractivity contribution in [3.8, 4) is 0 Å². The van der Waals surface area contributed by atoms with Crippen LogP contribution in [0, 0.1) is 11.7 Å². The lowest BCUT2D eigenvalue weighted by Gasteiger charge is -2.16. The van der Waals surface area contributed by atoms with Gasteiger partial charge in [-0.2, -0.15) is 0 Å². The molecule has 2 rings (SSSR count). The number of hydrogen-bond donors (Lipinski definition) is 1. The third-order valence-electron chi connectivity index (χ3n) is 3.77. The first kappa shape index (κ1) is 13.8. The van der Waals surface area contributed by atoms with E-state index in [0.29, 0.717) is 17.6 Å². The van der Waals surface area contributed by atoms with Gasteiger partial charge >= 0.3 is 0 Å². The van der Waals surface area contributed by atoms with E-state index in [1.54, 1.807) is 6.07 Å². The van der Waals surface area contributed by atoms with Crippen LogP contribution in [0.5, 0.6) is 0 Å². The Balaban J connectivity index is 1.86. The number of hydrogen-bond acceptors (Lipinski definition) is 1. The molecule has 0 aliphatic heterocycles. The Morgan fingerprint density at radius 1 is 1.22 bits per heavy atom. The highest BCUT2D eigenvalue weighted by molar-refractivity contribution is 6.30. The molecule has 3 heteroatoms. The van der Waals surface area contributed by atoms with Crippen LogP contribution < -0.4 is 5.32 Å². The first-order valence-corrected chi connectivity index (χ1v) is 7.19. The maximum Gasteiger partial charge on any atom is 0.125 e. The number of nitrogens with one attached hydrogen (secondary N) is 1. The van der Waals surface area contributed by atoms with E-state index in [9.17, 15) is 4.39 Å². The summed E-state index contributed by atoms with van der Waals surface area (Å²) in [6.07, 6.45) is 6.38. The summed E-state index contributed by atoms with van der Waals surface area (Å²) >= 11 is 5.85. The van der Waals surface area contributed by atoms with Crippen LogP contribution in [-0.4, -0.2) is 6.04 Å². The Hall–Kier alpha value is -0.600. The molecule has 2 atom stereocenters. The summed E-state index contributed by atoms with van der Waals surface area (Å²) in [6.45, 7) is 3.03. The van der Waals surface area contributed by atoms with E-state index in [2.05, 4.69) is 12.2 Å². The maximum absolute atomic E-state index is 13.2. The number of halogens is 2. The molecule has 18 heavy (non-hydrogen) atoms. The number of benzene rings is 1. The minimum absolute atomic E-state index is 0.256. The predicted octanol–water partition coefficient (Wildman–Crippen LogP) is 4.54. The van der Waals surface area contributed by atoms with Crippen LogP contribution in [0.2, 0.25) is 5.02 Å². The molecule has 1 nitrogen and oxygen atoms in total. The monoisotopic (exact) mass is 269 g/mol. The average Bonchev–Trinajstić information content (AvgIpc) is 2.50. The van der Waals surface area contributed by atoms with Gasteiger partial charge in [-0.1, -0.05) is 31.4 Å². The van der Waals surface area contributed by atoms with Crippen molar-refractivity contribution in [1.82, 2.24) is 5.32 Å². The summed E-state index contributed by atoms with van der Waals surface area (Å²) in [5, 5.41) is 4.00. The van der Waals surface area contributed by atoms with E-state index in [1.807, 2.05) is 6.07 Å². The second-order valence-corrected chi connectivity index (χ2v) is 5.91. The molecule has 0 spiro atoms. The third kappa shape index (κ3) is 4.25. The van der Waals surface area contributed by atoms with E-state index in [4.69, 9.17) is 11.6 Å². The molecule has 1 aromatic carbocycles. The lowest BCUT2D eigenvalue weighted by atomic mass is 10.0. The van der Waals surface area contributed by atoms with Gasteiger partial charge in [0.05, 0.1) is 0 Å². The SMILES string of the molecule is CC1CCCC(NCc2cc(F)cc(Cl)c2)CC1. The normalized spacial score (nSPS) is 24.8. The van der Waals surface area contributed by atoms with E-state index in [-0.39, 0.29) is 5.82 Å². The first-order chi connectivity index (χ1) is 8.63. The zero-order valence-electron chi connectivity index (χ0n) is 10.9. The molecule has 0 bridgehead atoms. The van der Waals surface area contributed by atoms with Crippen molar-refractivity contribution in [3.05, 3.63) is 34.6 Å². The molecule has 1 saturated carbocycles. The molecule has 0 amide bonds. The fourth-order valence-electron chi connectivity index (χ4n) is 2.67. The lowest BCUT2D eigenvalue weighted by Crippen LogP contribution is -2.28. The van der Waals surface area contributed by atoms with Crippen molar-refractivity contribution in [2.45, 2.75) is 51.6 Å². The summed E-state index contributed by atoms with van der Waals surface area (Å²) in [5.74, 6) is 0.592. The van der Waals surface area contributed by atoms with E-state index >= 15 is 0 Å². The van der Waals surface area contributed by atoms with Gasteiger partial charge in [-0.25, -0.2) is 4.39 Å². The summed E-state index contributed by atoms with van der Waals surface area (Å²) < 4.78 is 13.2. The molecule has 0 aromatic heterocycles. The lowest BCUT2D eigenvalue weighted by molar-refractivity contribution is 0.447. The minimum Gasteiger partial charge on any atom is -0.310 e. The van der Waals surface area contributed by atoms with Gasteiger partial charge in [0.25, 0.3) is 0 Å². The molecule has 0 radical (unpaired) electrons. The Morgan fingerprint density at radius 3 is 2.83 bits per heavy atom. The second-order valence-electron chi connectivity index (χ2n) is 5.47. The molecule has 1 N–H and O–H groups in total. The van der Waals surface area contributed by atoms with Crippen molar-refractivity contribution >= 4 is 11.6 Å². The molecule has 0 saturated heterocycles. The second kappa shape index (κ2) is 6.53. The smallest absolute Gasteiger partial charge is 0.125 e. The van der Waals surface area contributed by atoms with Crippen molar-refractivity contribution in [2.75, 3.05) is 0 Å². The van der Waals surface area contributed by atoms with Gasteiger partial charge in [-0.3, -0.25) is 0 Å². The van der Waals surface area contributed by atoms with Crippen LogP contribution in [0.15, 0.2) is 18.2 Å². The van der Waals surface area contributed by atoms with Crippen molar-refractivity contribution < 1.29 is 4.39 Å². The first-order valence-electron chi connectivity index (χ1n) is 6.82. The average molecular weight is 270 g/mol. The van der Waals surface area contributed by atoms with Crippen molar-refractivity contribution in [3.63, 3.8) is 0 Å². The van der Waals surface area contributed by atoms with Gasteiger partial charge in [0.2, 0.25) is 0 Å². The standard InChI is InChI=1S/C15H21ClFN/c1-11-3-2-4-15(6-5-11)18-10-12-7-13(16)9-14(17)8-12/h7-9,11,15,18H,2-6,10H2,1H3. The highest BCUT2D eigenvalue weighted by Crippen LogP contribution is 2.23. The van der Waals surface area contributed by atoms with Crippen LogP contribution in [0.4, 0.5) is 4.39 Å². The minimum atomic E-state index is -0.256. The van der Waals surface area contributed by atoms with E-state index < -0.39 is 0 Å². The Bertz CT molecular complexity index is 374. The molecule has 1 aliphatic carbocycles. The molecule has 1 aromatic rings. The molecule has 0 heterocycles. The predicted molar refractivity (Wildman–Crippen MR) is 74.3 cm³/mol. The van der Waals surface area contributed by atoms with Gasteiger partial charge in [0.15, 0.2) is 0 Å². The molecule has 100 valence electrons. The molecule has 2 unspecified atom stereocenters. The Morgan fingerprint density at radius 2 is 2.06 bits per heavy atom. The molecule has 1 fully saturated rings. The van der Waals surface area contributed by atoms with Crippen LogP contribution in [0.3, 0.4) is 0 Å². The zero-order valence-corrected chi connectivity index (χ0v) is 11.6. The summed E-state index contributed by atoms with van der Waals surface area (Å²) in [7, 11) is 0. The van der Waals surface area contributed by atoms with Crippen LogP contribution >= 0.6 is 11.6 Å². The van der Waals surface area contributed by atoms with Gasteiger partial charge in [0.1, 0.15) is 5.82 Å².